The summed E-state index contributed by atoms with van der Waals surface area (Å²) < 4.78 is 0. The van der Waals surface area contributed by atoms with E-state index in [1.807, 2.05) is 37.0 Å². The second kappa shape index (κ2) is 10.7. The molecule has 0 spiro atoms. The maximum absolute atomic E-state index is 13.4. The molecule has 166 valence electrons. The van der Waals surface area contributed by atoms with E-state index in [0.29, 0.717) is 25.2 Å². The van der Waals surface area contributed by atoms with Gasteiger partial charge in [-0.15, -0.1) is 6.58 Å². The molecule has 4 heteroatoms. The summed E-state index contributed by atoms with van der Waals surface area (Å²) in [6.45, 7) is 16.9. The third-order valence-electron chi connectivity index (χ3n) is 6.51. The van der Waals surface area contributed by atoms with E-state index in [4.69, 9.17) is 0 Å². The number of carbonyl (C=O) groups is 1. The van der Waals surface area contributed by atoms with Crippen LogP contribution >= 0.6 is 0 Å². The number of hydrogen-bond donors (Lipinski definition) is 0. The standard InChI is InChI=1S/C27H37N3O/c1-6-18-29-19-22(5)30(20-21(29)4)26(23-14-10-9-11-15-23)24-16-12-13-17-25(24)27(31)28(7-2)8-3/h6,9-17,21-22,26H,1,7-8,18-20H2,2-5H3/t21-,22+,26+/m1/s1. The first-order valence-electron chi connectivity index (χ1n) is 11.6. The number of hydrogen-bond acceptors (Lipinski definition) is 3. The topological polar surface area (TPSA) is 26.8 Å². The first kappa shape index (κ1) is 23.2. The average Bonchev–Trinajstić information content (AvgIpc) is 2.79. The molecule has 1 saturated heterocycles. The first-order valence-corrected chi connectivity index (χ1v) is 11.6. The van der Waals surface area contributed by atoms with Crippen molar-refractivity contribution >= 4 is 5.91 Å². The fourth-order valence-electron chi connectivity index (χ4n) is 4.80. The van der Waals surface area contributed by atoms with Gasteiger partial charge in [-0.25, -0.2) is 0 Å². The number of piperazine rings is 1. The molecule has 0 bridgehead atoms. The molecule has 1 aliphatic rings. The van der Waals surface area contributed by atoms with E-state index < -0.39 is 0 Å². The van der Waals surface area contributed by atoms with Crippen LogP contribution < -0.4 is 0 Å². The van der Waals surface area contributed by atoms with Gasteiger partial charge in [0.2, 0.25) is 0 Å². The number of carbonyl (C=O) groups excluding carboxylic acids is 1. The SMILES string of the molecule is C=CCN1C[C@H](C)N([C@@H](c2ccccc2)c2ccccc2C(=O)N(CC)CC)C[C@H]1C. The highest BCUT2D eigenvalue weighted by atomic mass is 16.2. The van der Waals surface area contributed by atoms with Crippen molar-refractivity contribution in [3.8, 4) is 0 Å². The zero-order chi connectivity index (χ0) is 22.4. The Morgan fingerprint density at radius 1 is 1.03 bits per heavy atom. The number of amides is 1. The van der Waals surface area contributed by atoms with Crippen molar-refractivity contribution in [2.75, 3.05) is 32.7 Å². The maximum Gasteiger partial charge on any atom is 0.254 e. The van der Waals surface area contributed by atoms with Gasteiger partial charge in [0, 0.05) is 50.4 Å². The summed E-state index contributed by atoms with van der Waals surface area (Å²) in [5, 5.41) is 0. The highest BCUT2D eigenvalue weighted by molar-refractivity contribution is 5.96. The van der Waals surface area contributed by atoms with Crippen LogP contribution in [0.25, 0.3) is 0 Å². The molecule has 0 N–H and O–H groups in total. The Labute approximate surface area is 188 Å². The van der Waals surface area contributed by atoms with Gasteiger partial charge >= 0.3 is 0 Å². The molecule has 1 heterocycles. The van der Waals surface area contributed by atoms with E-state index in [0.717, 1.165) is 30.8 Å². The van der Waals surface area contributed by atoms with Crippen LogP contribution in [0.5, 0.6) is 0 Å². The van der Waals surface area contributed by atoms with Crippen LogP contribution in [0.4, 0.5) is 0 Å². The molecule has 0 aromatic heterocycles. The van der Waals surface area contributed by atoms with Crippen molar-refractivity contribution in [3.63, 3.8) is 0 Å². The predicted molar refractivity (Wildman–Crippen MR) is 129 cm³/mol. The zero-order valence-electron chi connectivity index (χ0n) is 19.5. The van der Waals surface area contributed by atoms with Crippen LogP contribution in [0.3, 0.4) is 0 Å². The zero-order valence-corrected chi connectivity index (χ0v) is 19.5. The summed E-state index contributed by atoms with van der Waals surface area (Å²) in [4.78, 5) is 20.4. The summed E-state index contributed by atoms with van der Waals surface area (Å²) >= 11 is 0. The van der Waals surface area contributed by atoms with E-state index in [1.54, 1.807) is 0 Å². The fourth-order valence-corrected chi connectivity index (χ4v) is 4.80. The molecular weight excluding hydrogens is 382 g/mol. The molecule has 2 aromatic carbocycles. The Hall–Kier alpha value is -2.43. The maximum atomic E-state index is 13.4. The molecule has 1 aliphatic heterocycles. The van der Waals surface area contributed by atoms with Crippen LogP contribution in [-0.2, 0) is 0 Å². The third-order valence-corrected chi connectivity index (χ3v) is 6.51. The lowest BCUT2D eigenvalue weighted by atomic mass is 9.90. The minimum Gasteiger partial charge on any atom is -0.339 e. The van der Waals surface area contributed by atoms with Crippen molar-refractivity contribution in [1.29, 1.82) is 0 Å². The molecule has 0 aliphatic carbocycles. The van der Waals surface area contributed by atoms with Gasteiger partial charge in [-0.05, 0) is 44.9 Å². The molecule has 31 heavy (non-hydrogen) atoms. The fraction of sp³-hybridized carbons (Fsp3) is 0.444. The quantitative estimate of drug-likeness (QED) is 0.573. The van der Waals surface area contributed by atoms with E-state index in [1.165, 1.54) is 5.56 Å². The van der Waals surface area contributed by atoms with Crippen molar-refractivity contribution in [2.45, 2.75) is 45.8 Å². The molecule has 3 rings (SSSR count). The van der Waals surface area contributed by atoms with Gasteiger partial charge in [-0.2, -0.15) is 0 Å². The number of benzene rings is 2. The van der Waals surface area contributed by atoms with Gasteiger partial charge < -0.3 is 4.90 Å². The summed E-state index contributed by atoms with van der Waals surface area (Å²) in [5.41, 5.74) is 3.15. The van der Waals surface area contributed by atoms with Crippen molar-refractivity contribution < 1.29 is 4.79 Å². The van der Waals surface area contributed by atoms with Gasteiger partial charge in [0.1, 0.15) is 0 Å². The summed E-state index contributed by atoms with van der Waals surface area (Å²) in [7, 11) is 0. The highest BCUT2D eigenvalue weighted by Crippen LogP contribution is 2.35. The summed E-state index contributed by atoms with van der Waals surface area (Å²) in [5.74, 6) is 0.118. The Balaban J connectivity index is 2.07. The van der Waals surface area contributed by atoms with E-state index in [9.17, 15) is 4.79 Å². The van der Waals surface area contributed by atoms with Crippen LogP contribution in [0.2, 0.25) is 0 Å². The van der Waals surface area contributed by atoms with E-state index in [2.05, 4.69) is 72.7 Å². The molecule has 1 fully saturated rings. The molecule has 0 saturated carbocycles. The average molecular weight is 420 g/mol. The van der Waals surface area contributed by atoms with Crippen LogP contribution in [0, 0.1) is 0 Å². The largest absolute Gasteiger partial charge is 0.339 e. The van der Waals surface area contributed by atoms with Gasteiger partial charge in [0.25, 0.3) is 5.91 Å². The van der Waals surface area contributed by atoms with Gasteiger partial charge in [0.05, 0.1) is 6.04 Å². The van der Waals surface area contributed by atoms with Crippen molar-refractivity contribution in [1.82, 2.24) is 14.7 Å². The Morgan fingerprint density at radius 3 is 2.32 bits per heavy atom. The highest BCUT2D eigenvalue weighted by Gasteiger charge is 2.36. The molecule has 4 nitrogen and oxygen atoms in total. The molecule has 0 unspecified atom stereocenters. The predicted octanol–water partition coefficient (Wildman–Crippen LogP) is 4.84. The summed E-state index contributed by atoms with van der Waals surface area (Å²) in [6.07, 6.45) is 1.99. The molecular formula is C27H37N3O. The number of nitrogens with zero attached hydrogens (tertiary/aromatic N) is 3. The van der Waals surface area contributed by atoms with Crippen LogP contribution in [0.1, 0.15) is 55.2 Å². The number of rotatable bonds is 8. The van der Waals surface area contributed by atoms with Gasteiger partial charge in [0.15, 0.2) is 0 Å². The molecule has 3 atom stereocenters. The molecule has 0 radical (unpaired) electrons. The second-order valence-corrected chi connectivity index (χ2v) is 8.52. The summed E-state index contributed by atoms with van der Waals surface area (Å²) in [6, 6.07) is 19.6. The monoisotopic (exact) mass is 419 g/mol. The Kier molecular flexibility index (Phi) is 8.05. The van der Waals surface area contributed by atoms with Crippen molar-refractivity contribution in [2.24, 2.45) is 0 Å². The minimum atomic E-state index is 0.0419. The first-order chi connectivity index (χ1) is 15.0. The van der Waals surface area contributed by atoms with Gasteiger partial charge in [-0.3, -0.25) is 14.6 Å². The second-order valence-electron chi connectivity index (χ2n) is 8.52. The minimum absolute atomic E-state index is 0.0419. The van der Waals surface area contributed by atoms with Crippen LogP contribution in [0.15, 0.2) is 67.3 Å². The Morgan fingerprint density at radius 2 is 1.68 bits per heavy atom. The lowest BCUT2D eigenvalue weighted by Gasteiger charge is -2.47. The lowest BCUT2D eigenvalue weighted by Crippen LogP contribution is -2.57. The molecule has 2 aromatic rings. The van der Waals surface area contributed by atoms with E-state index in [-0.39, 0.29) is 11.9 Å². The molecule has 1 amide bonds. The lowest BCUT2D eigenvalue weighted by molar-refractivity contribution is 0.0302. The Bertz CT molecular complexity index is 862. The van der Waals surface area contributed by atoms with Gasteiger partial charge in [-0.1, -0.05) is 54.6 Å². The van der Waals surface area contributed by atoms with Crippen molar-refractivity contribution in [3.05, 3.63) is 83.9 Å². The van der Waals surface area contributed by atoms with Crippen LogP contribution in [-0.4, -0.2) is 65.4 Å². The third kappa shape index (κ3) is 5.08. The van der Waals surface area contributed by atoms with E-state index >= 15 is 0 Å². The smallest absolute Gasteiger partial charge is 0.254 e. The normalized spacial score (nSPS) is 20.9.